The molecule has 176 valence electrons. The molecule has 1 aromatic rings. The molecule has 1 fully saturated rings. The van der Waals surface area contributed by atoms with Crippen molar-refractivity contribution in [3.8, 4) is 0 Å². The number of nitrogens with zero attached hydrogens (tertiary/aromatic N) is 1. The zero-order valence-electron chi connectivity index (χ0n) is 18.7. The largest absolute Gasteiger partial charge is 0.459 e. The van der Waals surface area contributed by atoms with Crippen LogP contribution >= 0.6 is 0 Å². The van der Waals surface area contributed by atoms with Crippen LogP contribution in [0.2, 0.25) is 0 Å². The zero-order chi connectivity index (χ0) is 23.7. The summed E-state index contributed by atoms with van der Waals surface area (Å²) >= 11 is 0. The smallest absolute Gasteiger partial charge is 0.329 e. The number of amides is 4. The molecule has 0 spiro atoms. The number of likely N-dealkylation sites (tertiary alicyclic amines) is 1. The minimum absolute atomic E-state index is 0.0817. The summed E-state index contributed by atoms with van der Waals surface area (Å²) < 4.78 is 5.39. The van der Waals surface area contributed by atoms with Crippen molar-refractivity contribution in [2.45, 2.75) is 64.8 Å². The highest BCUT2D eigenvalue weighted by Crippen LogP contribution is 2.20. The van der Waals surface area contributed by atoms with E-state index < -0.39 is 41.9 Å². The fourth-order valence-electron chi connectivity index (χ4n) is 3.49. The Morgan fingerprint density at radius 2 is 1.78 bits per heavy atom. The Bertz CT molecular complexity index is 801. The summed E-state index contributed by atoms with van der Waals surface area (Å²) in [4.78, 5) is 51.0. The molecule has 1 aliphatic heterocycles. The maximum absolute atomic E-state index is 12.9. The maximum Gasteiger partial charge on any atom is 0.329 e. The number of esters is 1. The summed E-state index contributed by atoms with van der Waals surface area (Å²) in [6.07, 6.45) is 1.46. The van der Waals surface area contributed by atoms with Crippen LogP contribution in [-0.4, -0.2) is 58.6 Å². The van der Waals surface area contributed by atoms with E-state index in [1.807, 2.05) is 44.2 Å². The van der Waals surface area contributed by atoms with Crippen molar-refractivity contribution >= 4 is 23.8 Å². The number of hydrogen-bond acceptors (Lipinski definition) is 6. The Kier molecular flexibility index (Phi) is 9.45. The first-order chi connectivity index (χ1) is 15.2. The third-order valence-corrected chi connectivity index (χ3v) is 5.19. The Morgan fingerprint density at radius 3 is 2.41 bits per heavy atom. The van der Waals surface area contributed by atoms with E-state index in [1.54, 1.807) is 0 Å². The number of rotatable bonds is 9. The number of carbonyl (C=O) groups is 4. The first-order valence-corrected chi connectivity index (χ1v) is 10.7. The Balaban J connectivity index is 1.99. The van der Waals surface area contributed by atoms with Crippen molar-refractivity contribution in [1.82, 2.24) is 21.0 Å². The normalized spacial score (nSPS) is 17.4. The number of urea groups is 1. The highest BCUT2D eigenvalue weighted by Gasteiger charge is 2.37. The van der Waals surface area contributed by atoms with E-state index in [2.05, 4.69) is 10.6 Å². The number of ether oxygens (including phenoxy) is 1. The summed E-state index contributed by atoms with van der Waals surface area (Å²) in [5.74, 6) is -1.72. The summed E-state index contributed by atoms with van der Waals surface area (Å²) in [6, 6.07) is 6.12. The molecule has 0 radical (unpaired) electrons. The molecule has 3 atom stereocenters. The van der Waals surface area contributed by atoms with Crippen molar-refractivity contribution in [3.05, 3.63) is 35.9 Å². The van der Waals surface area contributed by atoms with E-state index in [0.29, 0.717) is 25.8 Å². The van der Waals surface area contributed by atoms with E-state index in [0.717, 1.165) is 5.56 Å². The van der Waals surface area contributed by atoms with E-state index in [9.17, 15) is 19.2 Å². The van der Waals surface area contributed by atoms with Crippen molar-refractivity contribution < 1.29 is 29.1 Å². The molecule has 2 rings (SSSR count). The molecule has 0 aliphatic carbocycles. The lowest BCUT2D eigenvalue weighted by Gasteiger charge is -2.27. The zero-order valence-corrected chi connectivity index (χ0v) is 18.7. The Hall–Kier alpha value is -3.14. The minimum atomic E-state index is -0.980. The average Bonchev–Trinajstić information content (AvgIpc) is 3.27. The molecule has 1 aliphatic rings. The second-order valence-corrected chi connectivity index (χ2v) is 8.28. The van der Waals surface area contributed by atoms with E-state index in [4.69, 9.17) is 9.94 Å². The summed E-state index contributed by atoms with van der Waals surface area (Å²) in [5, 5.41) is 13.9. The Morgan fingerprint density at radius 1 is 1.09 bits per heavy atom. The standard InChI is InChI=1S/C22H32N4O6/c1-14(2)12-17(20(28)23-15(3)19(27)25-31)24-22(30)26-11-7-10-18(26)21(29)32-13-16-8-5-4-6-9-16/h4-6,8-9,14-15,17-18,31H,7,10-13H2,1-3H3,(H,23,28)(H,24,30)(H,25,27). The van der Waals surface area contributed by atoms with Gasteiger partial charge in [0.25, 0.3) is 5.91 Å². The van der Waals surface area contributed by atoms with Gasteiger partial charge in [0, 0.05) is 6.54 Å². The number of carbonyl (C=O) groups excluding carboxylic acids is 4. The molecule has 3 unspecified atom stereocenters. The van der Waals surface area contributed by atoms with Crippen LogP contribution in [0, 0.1) is 5.92 Å². The van der Waals surface area contributed by atoms with Gasteiger partial charge in [0.2, 0.25) is 5.91 Å². The topological polar surface area (TPSA) is 137 Å². The van der Waals surface area contributed by atoms with Crippen LogP contribution in [0.25, 0.3) is 0 Å². The van der Waals surface area contributed by atoms with Gasteiger partial charge in [0.05, 0.1) is 0 Å². The monoisotopic (exact) mass is 448 g/mol. The summed E-state index contributed by atoms with van der Waals surface area (Å²) in [7, 11) is 0. The number of benzene rings is 1. The molecule has 0 saturated carbocycles. The van der Waals surface area contributed by atoms with E-state index in [-0.39, 0.29) is 12.5 Å². The number of hydroxylamine groups is 1. The summed E-state index contributed by atoms with van der Waals surface area (Å²) in [5.41, 5.74) is 2.33. The third kappa shape index (κ3) is 7.23. The van der Waals surface area contributed by atoms with Crippen LogP contribution in [0.4, 0.5) is 4.79 Å². The van der Waals surface area contributed by atoms with Gasteiger partial charge in [-0.15, -0.1) is 0 Å². The second-order valence-electron chi connectivity index (χ2n) is 8.28. The molecule has 4 amide bonds. The van der Waals surface area contributed by atoms with Crippen molar-refractivity contribution in [2.75, 3.05) is 6.54 Å². The molecule has 32 heavy (non-hydrogen) atoms. The average molecular weight is 449 g/mol. The van der Waals surface area contributed by atoms with Crippen molar-refractivity contribution in [3.63, 3.8) is 0 Å². The van der Waals surface area contributed by atoms with Gasteiger partial charge in [-0.1, -0.05) is 44.2 Å². The lowest BCUT2D eigenvalue weighted by Crippen LogP contribution is -2.56. The molecular weight excluding hydrogens is 416 g/mol. The molecule has 10 nitrogen and oxygen atoms in total. The van der Waals surface area contributed by atoms with Crippen LogP contribution in [-0.2, 0) is 25.7 Å². The second kappa shape index (κ2) is 12.0. The molecule has 4 N–H and O–H groups in total. The van der Waals surface area contributed by atoms with Gasteiger partial charge in [0.1, 0.15) is 24.7 Å². The van der Waals surface area contributed by atoms with Gasteiger partial charge in [-0.25, -0.2) is 15.1 Å². The van der Waals surface area contributed by atoms with E-state index >= 15 is 0 Å². The van der Waals surface area contributed by atoms with Crippen LogP contribution in [0.5, 0.6) is 0 Å². The van der Waals surface area contributed by atoms with Gasteiger partial charge in [-0.3, -0.25) is 14.8 Å². The fourth-order valence-corrected chi connectivity index (χ4v) is 3.49. The van der Waals surface area contributed by atoms with Gasteiger partial charge < -0.3 is 20.3 Å². The highest BCUT2D eigenvalue weighted by molar-refractivity contribution is 5.92. The lowest BCUT2D eigenvalue weighted by atomic mass is 10.0. The maximum atomic E-state index is 12.9. The van der Waals surface area contributed by atoms with Crippen LogP contribution in [0.3, 0.4) is 0 Å². The fraction of sp³-hybridized carbons (Fsp3) is 0.545. The quantitative estimate of drug-likeness (QED) is 0.256. The first kappa shape index (κ1) is 25.1. The van der Waals surface area contributed by atoms with Crippen molar-refractivity contribution in [1.29, 1.82) is 0 Å². The van der Waals surface area contributed by atoms with E-state index in [1.165, 1.54) is 17.3 Å². The molecule has 1 aromatic carbocycles. The first-order valence-electron chi connectivity index (χ1n) is 10.7. The predicted octanol–water partition coefficient (Wildman–Crippen LogP) is 1.33. The highest BCUT2D eigenvalue weighted by atomic mass is 16.5. The van der Waals surface area contributed by atoms with Crippen LogP contribution in [0.1, 0.15) is 45.6 Å². The van der Waals surface area contributed by atoms with Gasteiger partial charge in [-0.05, 0) is 37.7 Å². The van der Waals surface area contributed by atoms with Crippen LogP contribution in [0.15, 0.2) is 30.3 Å². The van der Waals surface area contributed by atoms with Crippen LogP contribution < -0.4 is 16.1 Å². The molecule has 10 heteroatoms. The molecule has 0 bridgehead atoms. The summed E-state index contributed by atoms with van der Waals surface area (Å²) in [6.45, 7) is 5.70. The van der Waals surface area contributed by atoms with Crippen molar-refractivity contribution in [2.24, 2.45) is 5.92 Å². The molecule has 0 aromatic heterocycles. The van der Waals surface area contributed by atoms with Gasteiger partial charge in [-0.2, -0.15) is 0 Å². The Labute approximate surface area is 187 Å². The minimum Gasteiger partial charge on any atom is -0.459 e. The molecule has 1 saturated heterocycles. The van der Waals surface area contributed by atoms with Gasteiger partial charge in [0.15, 0.2) is 0 Å². The number of nitrogens with one attached hydrogen (secondary N) is 3. The molecular formula is C22H32N4O6. The lowest BCUT2D eigenvalue weighted by molar-refractivity contribution is -0.149. The SMILES string of the molecule is CC(C)CC(NC(=O)N1CCCC1C(=O)OCc1ccccc1)C(=O)NC(C)C(=O)NO. The van der Waals surface area contributed by atoms with Gasteiger partial charge >= 0.3 is 12.0 Å². The predicted molar refractivity (Wildman–Crippen MR) is 115 cm³/mol. The third-order valence-electron chi connectivity index (χ3n) is 5.19. The number of hydrogen-bond donors (Lipinski definition) is 4. The molecule has 1 heterocycles.